The van der Waals surface area contributed by atoms with Crippen LogP contribution in [0.1, 0.15) is 10.5 Å². The quantitative estimate of drug-likeness (QED) is 0.870. The third-order valence-electron chi connectivity index (χ3n) is 1.91. The molecule has 1 aromatic carbocycles. The molecule has 0 amide bonds. The van der Waals surface area contributed by atoms with E-state index in [9.17, 15) is 9.18 Å². The van der Waals surface area contributed by atoms with Gasteiger partial charge in [0.2, 0.25) is 0 Å². The summed E-state index contributed by atoms with van der Waals surface area (Å²) in [6.45, 7) is 0. The first-order valence-corrected chi connectivity index (χ1v) is 4.57. The van der Waals surface area contributed by atoms with Crippen molar-refractivity contribution in [2.24, 2.45) is 0 Å². The molecule has 0 saturated heterocycles. The van der Waals surface area contributed by atoms with Gasteiger partial charge < -0.3 is 5.11 Å². The first-order valence-electron chi connectivity index (χ1n) is 4.19. The molecule has 0 saturated carbocycles. The number of aromatic nitrogens is 3. The Morgan fingerprint density at radius 3 is 2.88 bits per heavy atom. The van der Waals surface area contributed by atoms with Gasteiger partial charge in [0.25, 0.3) is 0 Å². The van der Waals surface area contributed by atoms with Crippen molar-refractivity contribution in [3.05, 3.63) is 40.9 Å². The number of halogens is 2. The first kappa shape index (κ1) is 10.6. The summed E-state index contributed by atoms with van der Waals surface area (Å²) in [6, 6.07) is 3.57. The Kier molecular flexibility index (Phi) is 2.57. The van der Waals surface area contributed by atoms with Crippen LogP contribution in [0.3, 0.4) is 0 Å². The fourth-order valence-corrected chi connectivity index (χ4v) is 1.46. The topological polar surface area (TPSA) is 68.0 Å². The van der Waals surface area contributed by atoms with Gasteiger partial charge in [-0.2, -0.15) is 0 Å². The number of carboxylic acids is 1. The number of nitrogens with zero attached hydrogens (tertiary/aromatic N) is 3. The summed E-state index contributed by atoms with van der Waals surface area (Å²) in [5, 5.41) is 15.9. The predicted octanol–water partition coefficient (Wildman–Crippen LogP) is 1.76. The van der Waals surface area contributed by atoms with E-state index < -0.39 is 11.8 Å². The first-order chi connectivity index (χ1) is 7.59. The molecule has 0 atom stereocenters. The van der Waals surface area contributed by atoms with Gasteiger partial charge in [0, 0.05) is 0 Å². The summed E-state index contributed by atoms with van der Waals surface area (Å²) in [6.07, 6.45) is 1.09. The van der Waals surface area contributed by atoms with E-state index in [2.05, 4.69) is 10.3 Å². The van der Waals surface area contributed by atoms with Gasteiger partial charge in [-0.3, -0.25) is 0 Å². The van der Waals surface area contributed by atoms with Gasteiger partial charge in [-0.25, -0.2) is 13.9 Å². The molecule has 2 aromatic rings. The van der Waals surface area contributed by atoms with Crippen molar-refractivity contribution in [1.29, 1.82) is 0 Å². The number of carbonyl (C=O) groups is 1. The molecule has 7 heteroatoms. The third-order valence-corrected chi connectivity index (χ3v) is 2.21. The Morgan fingerprint density at radius 1 is 1.50 bits per heavy atom. The van der Waals surface area contributed by atoms with Crippen LogP contribution in [0.4, 0.5) is 4.39 Å². The lowest BCUT2D eigenvalue weighted by Crippen LogP contribution is -2.08. The average molecular weight is 242 g/mol. The minimum atomic E-state index is -1.19. The van der Waals surface area contributed by atoms with Crippen molar-refractivity contribution in [3.8, 4) is 5.69 Å². The van der Waals surface area contributed by atoms with Crippen LogP contribution in [-0.2, 0) is 0 Å². The van der Waals surface area contributed by atoms with E-state index in [-0.39, 0.29) is 16.4 Å². The molecule has 82 valence electrons. The normalized spacial score (nSPS) is 10.4. The third kappa shape index (κ3) is 1.74. The maximum absolute atomic E-state index is 12.8. The molecule has 0 fully saturated rings. The summed E-state index contributed by atoms with van der Waals surface area (Å²) in [5.41, 5.74) is 0.117. The highest BCUT2D eigenvalue weighted by atomic mass is 35.5. The lowest BCUT2D eigenvalue weighted by atomic mass is 10.3. The lowest BCUT2D eigenvalue weighted by molar-refractivity contribution is 0.0687. The van der Waals surface area contributed by atoms with Gasteiger partial charge in [-0.15, -0.1) is 5.10 Å². The Morgan fingerprint density at radius 2 is 2.25 bits per heavy atom. The molecule has 1 heterocycles. The zero-order chi connectivity index (χ0) is 11.7. The number of carboxylic acid groups (broad SMARTS) is 1. The van der Waals surface area contributed by atoms with E-state index >= 15 is 0 Å². The van der Waals surface area contributed by atoms with Crippen molar-refractivity contribution in [3.63, 3.8) is 0 Å². The number of hydrogen-bond donors (Lipinski definition) is 1. The molecule has 0 aliphatic heterocycles. The highest BCUT2D eigenvalue weighted by Crippen LogP contribution is 2.21. The smallest absolute Gasteiger partial charge is 0.356 e. The van der Waals surface area contributed by atoms with Crippen molar-refractivity contribution in [2.45, 2.75) is 0 Å². The SMILES string of the molecule is O=C(O)c1cnnn1-c1ccc(F)cc1Cl. The van der Waals surface area contributed by atoms with Crippen LogP contribution in [0.2, 0.25) is 5.02 Å². The van der Waals surface area contributed by atoms with Crippen molar-refractivity contribution >= 4 is 17.6 Å². The van der Waals surface area contributed by atoms with E-state index in [0.29, 0.717) is 0 Å². The van der Waals surface area contributed by atoms with Gasteiger partial charge in [-0.05, 0) is 18.2 Å². The summed E-state index contributed by atoms with van der Waals surface area (Å²) in [4.78, 5) is 10.8. The fourth-order valence-electron chi connectivity index (χ4n) is 1.21. The Labute approximate surface area is 94.1 Å². The van der Waals surface area contributed by atoms with Crippen molar-refractivity contribution in [1.82, 2.24) is 15.0 Å². The highest BCUT2D eigenvalue weighted by Gasteiger charge is 2.15. The summed E-state index contributed by atoms with van der Waals surface area (Å²) < 4.78 is 13.8. The predicted molar refractivity (Wildman–Crippen MR) is 53.3 cm³/mol. The number of benzene rings is 1. The van der Waals surface area contributed by atoms with E-state index in [1.807, 2.05) is 0 Å². The summed E-state index contributed by atoms with van der Waals surface area (Å²) >= 11 is 5.78. The van der Waals surface area contributed by atoms with Crippen LogP contribution in [-0.4, -0.2) is 26.1 Å². The van der Waals surface area contributed by atoms with Crippen molar-refractivity contribution < 1.29 is 14.3 Å². The van der Waals surface area contributed by atoms with E-state index in [0.717, 1.165) is 23.0 Å². The molecule has 1 N–H and O–H groups in total. The Bertz CT molecular complexity index is 555. The zero-order valence-electron chi connectivity index (χ0n) is 7.76. The van der Waals surface area contributed by atoms with Crippen molar-refractivity contribution in [2.75, 3.05) is 0 Å². The van der Waals surface area contributed by atoms with Gasteiger partial charge in [0.1, 0.15) is 5.82 Å². The molecule has 0 aliphatic carbocycles. The van der Waals surface area contributed by atoms with Gasteiger partial charge in [0.15, 0.2) is 5.69 Å². The molecule has 0 spiro atoms. The minimum Gasteiger partial charge on any atom is -0.476 e. The molecule has 0 radical (unpaired) electrons. The summed E-state index contributed by atoms with van der Waals surface area (Å²) in [5.74, 6) is -1.70. The molecule has 16 heavy (non-hydrogen) atoms. The van der Waals surface area contributed by atoms with Gasteiger partial charge >= 0.3 is 5.97 Å². The minimum absolute atomic E-state index is 0.0630. The number of hydrogen-bond acceptors (Lipinski definition) is 3. The van der Waals surface area contributed by atoms with Gasteiger partial charge in [0.05, 0.1) is 16.9 Å². The largest absolute Gasteiger partial charge is 0.476 e. The number of rotatable bonds is 2. The number of aromatic carboxylic acids is 1. The van der Waals surface area contributed by atoms with Crippen LogP contribution in [0.15, 0.2) is 24.4 Å². The highest BCUT2D eigenvalue weighted by molar-refractivity contribution is 6.32. The van der Waals surface area contributed by atoms with Crippen LogP contribution in [0.5, 0.6) is 0 Å². The molecule has 0 unspecified atom stereocenters. The van der Waals surface area contributed by atoms with Crippen LogP contribution >= 0.6 is 11.6 Å². The molecular formula is C9H5ClFN3O2. The maximum Gasteiger partial charge on any atom is 0.356 e. The van der Waals surface area contributed by atoms with Gasteiger partial charge in [-0.1, -0.05) is 16.8 Å². The zero-order valence-corrected chi connectivity index (χ0v) is 8.52. The van der Waals surface area contributed by atoms with E-state index in [1.54, 1.807) is 0 Å². The standard InChI is InChI=1S/C9H5ClFN3O2/c10-6-3-5(11)1-2-7(6)14-8(9(15)16)4-12-13-14/h1-4H,(H,15,16). The average Bonchev–Trinajstić information content (AvgIpc) is 2.66. The molecular weight excluding hydrogens is 237 g/mol. The monoisotopic (exact) mass is 241 g/mol. The lowest BCUT2D eigenvalue weighted by Gasteiger charge is -2.04. The van der Waals surface area contributed by atoms with E-state index in [1.165, 1.54) is 6.07 Å². The summed E-state index contributed by atoms with van der Waals surface area (Å²) in [7, 11) is 0. The fraction of sp³-hybridized carbons (Fsp3) is 0. The van der Waals surface area contributed by atoms with E-state index in [4.69, 9.17) is 16.7 Å². The Balaban J connectivity index is 2.59. The molecule has 5 nitrogen and oxygen atoms in total. The second-order valence-electron chi connectivity index (χ2n) is 2.93. The second kappa shape index (κ2) is 3.90. The van der Waals surface area contributed by atoms with Crippen LogP contribution in [0, 0.1) is 5.82 Å². The van der Waals surface area contributed by atoms with Crippen LogP contribution in [0.25, 0.3) is 5.69 Å². The molecule has 2 rings (SSSR count). The second-order valence-corrected chi connectivity index (χ2v) is 3.34. The molecule has 0 bridgehead atoms. The maximum atomic E-state index is 12.8. The van der Waals surface area contributed by atoms with Crippen LogP contribution < -0.4 is 0 Å². The Hall–Kier alpha value is -1.95. The molecule has 1 aromatic heterocycles. The molecule has 0 aliphatic rings.